The maximum absolute atomic E-state index is 12.8. The van der Waals surface area contributed by atoms with Gasteiger partial charge in [-0.05, 0) is 89.5 Å². The fourth-order valence-electron chi connectivity index (χ4n) is 4.71. The summed E-state index contributed by atoms with van der Waals surface area (Å²) in [6.07, 6.45) is 0. The first kappa shape index (κ1) is 46.0. The molecule has 0 aliphatic carbocycles. The maximum atomic E-state index is 12.8. The van der Waals surface area contributed by atoms with E-state index in [0.29, 0.717) is 23.7 Å². The molecular weight excluding hydrogens is 615 g/mol. The van der Waals surface area contributed by atoms with E-state index in [-0.39, 0.29) is 25.0 Å². The van der Waals surface area contributed by atoms with E-state index in [2.05, 4.69) is 142 Å². The van der Waals surface area contributed by atoms with E-state index in [9.17, 15) is 8.78 Å². The van der Waals surface area contributed by atoms with Gasteiger partial charge in [0.2, 0.25) is 0 Å². The predicted molar refractivity (Wildman–Crippen MR) is 219 cm³/mol. The van der Waals surface area contributed by atoms with Crippen LogP contribution in [0.15, 0.2) is 127 Å². The fraction of sp³-hybridized carbons (Fsp3) is 0.375. The summed E-state index contributed by atoms with van der Waals surface area (Å²) in [5, 5.41) is 0. The Hall–Kier alpha value is -4.04. The first-order valence-electron chi connectivity index (χ1n) is 17.8. The summed E-state index contributed by atoms with van der Waals surface area (Å²) in [6, 6.07) is 41.5. The SMILES string of the molecule is C.CC(C)c1cccc(F)c1.CC(C)c1ccccc1.CC(C)c1ccccc1F.Cc1cccc(C(C)C)c1.Cc1cccc(C(C)C)c1. The maximum Gasteiger partial charge on any atom is 0.126 e. The molecule has 0 N–H and O–H groups in total. The Kier molecular flexibility index (Phi) is 23.0. The van der Waals surface area contributed by atoms with E-state index in [1.807, 2.05) is 38.1 Å². The predicted octanol–water partition coefficient (Wildman–Crippen LogP) is 15.6. The van der Waals surface area contributed by atoms with Crippen molar-refractivity contribution in [2.75, 3.05) is 0 Å². The monoisotopic (exact) mass is 681 g/mol. The van der Waals surface area contributed by atoms with Crippen molar-refractivity contribution in [2.24, 2.45) is 0 Å². The summed E-state index contributed by atoms with van der Waals surface area (Å²) in [7, 11) is 0. The second-order valence-corrected chi connectivity index (χ2v) is 14.1. The van der Waals surface area contributed by atoms with E-state index in [1.54, 1.807) is 18.2 Å². The standard InChI is InChI=1S/2C10H14.2C9H11F.C9H12.CH4/c2*1-8(2)10-6-4-5-9(3)7-10;1-7(2)8-4-3-5-9(10)6-8;1-7(2)8-5-3-4-6-9(8)10;1-8(2)9-6-4-3-5-7-9;/h2*4-8H,1-3H3;2*3-7H,1-2H3;3-8H,1-2H3;1H4. The Morgan fingerprint density at radius 2 is 0.720 bits per heavy atom. The lowest BCUT2D eigenvalue weighted by molar-refractivity contribution is 0.598. The first-order chi connectivity index (χ1) is 23.1. The summed E-state index contributed by atoms with van der Waals surface area (Å²) >= 11 is 0. The molecule has 0 aliphatic rings. The molecule has 0 saturated carbocycles. The molecule has 0 aliphatic heterocycles. The van der Waals surface area contributed by atoms with E-state index < -0.39 is 0 Å². The van der Waals surface area contributed by atoms with Gasteiger partial charge in [-0.25, -0.2) is 8.78 Å². The summed E-state index contributed by atoms with van der Waals surface area (Å²) in [5.74, 6) is 2.41. The van der Waals surface area contributed by atoms with Crippen LogP contribution in [0.25, 0.3) is 0 Å². The van der Waals surface area contributed by atoms with E-state index >= 15 is 0 Å². The Morgan fingerprint density at radius 1 is 0.360 bits per heavy atom. The summed E-state index contributed by atoms with van der Waals surface area (Å²) < 4.78 is 25.4. The van der Waals surface area contributed by atoms with Crippen LogP contribution in [-0.4, -0.2) is 0 Å². The molecule has 0 amide bonds. The average molecular weight is 681 g/mol. The van der Waals surface area contributed by atoms with Gasteiger partial charge in [-0.1, -0.05) is 197 Å². The topological polar surface area (TPSA) is 0 Å². The zero-order valence-electron chi connectivity index (χ0n) is 32.3. The third kappa shape index (κ3) is 19.2. The van der Waals surface area contributed by atoms with Crippen LogP contribution in [-0.2, 0) is 0 Å². The number of halogens is 2. The first-order valence-corrected chi connectivity index (χ1v) is 17.8. The Morgan fingerprint density at radius 3 is 1.00 bits per heavy atom. The summed E-state index contributed by atoms with van der Waals surface area (Å²) in [6.45, 7) is 25.6. The Balaban J connectivity index is 0.000000598. The van der Waals surface area contributed by atoms with Crippen LogP contribution in [0.2, 0.25) is 0 Å². The van der Waals surface area contributed by atoms with Crippen LogP contribution in [0.4, 0.5) is 8.78 Å². The molecule has 0 heterocycles. The zero-order chi connectivity index (χ0) is 36.9. The van der Waals surface area contributed by atoms with Crippen molar-refractivity contribution in [3.05, 3.63) is 178 Å². The number of benzene rings is 5. The molecule has 2 heteroatoms. The molecule has 5 rings (SSSR count). The lowest BCUT2D eigenvalue weighted by atomic mass is 10.0. The number of rotatable bonds is 5. The number of hydrogen-bond acceptors (Lipinski definition) is 0. The third-order valence-corrected chi connectivity index (χ3v) is 7.93. The molecule has 0 spiro atoms. The van der Waals surface area contributed by atoms with Gasteiger partial charge in [-0.15, -0.1) is 0 Å². The van der Waals surface area contributed by atoms with Crippen molar-refractivity contribution in [3.63, 3.8) is 0 Å². The summed E-state index contributed by atoms with van der Waals surface area (Å²) in [5.41, 5.74) is 8.83. The molecule has 0 aromatic heterocycles. The lowest BCUT2D eigenvalue weighted by Gasteiger charge is -2.04. The van der Waals surface area contributed by atoms with Gasteiger partial charge < -0.3 is 0 Å². The molecule has 0 radical (unpaired) electrons. The molecule has 50 heavy (non-hydrogen) atoms. The molecule has 5 aromatic carbocycles. The van der Waals surface area contributed by atoms with Crippen LogP contribution in [0.5, 0.6) is 0 Å². The van der Waals surface area contributed by atoms with Gasteiger partial charge in [0.25, 0.3) is 0 Å². The van der Waals surface area contributed by atoms with Crippen molar-refractivity contribution >= 4 is 0 Å². The second kappa shape index (κ2) is 25.0. The zero-order valence-corrected chi connectivity index (χ0v) is 32.3. The minimum atomic E-state index is -0.147. The van der Waals surface area contributed by atoms with Crippen LogP contribution in [0.1, 0.15) is 145 Å². The van der Waals surface area contributed by atoms with Gasteiger partial charge in [0.15, 0.2) is 0 Å². The Labute approximate surface area is 306 Å². The van der Waals surface area contributed by atoms with Crippen molar-refractivity contribution in [2.45, 2.75) is 120 Å². The Bertz CT molecular complexity index is 1460. The van der Waals surface area contributed by atoms with Gasteiger partial charge in [0.05, 0.1) is 0 Å². The normalized spacial score (nSPS) is 10.1. The van der Waals surface area contributed by atoms with Crippen molar-refractivity contribution in [1.29, 1.82) is 0 Å². The largest absolute Gasteiger partial charge is 0.207 e. The number of hydrogen-bond donors (Lipinski definition) is 0. The highest BCUT2D eigenvalue weighted by molar-refractivity contribution is 5.25. The minimum Gasteiger partial charge on any atom is -0.207 e. The van der Waals surface area contributed by atoms with Crippen molar-refractivity contribution in [1.82, 2.24) is 0 Å². The van der Waals surface area contributed by atoms with Gasteiger partial charge in [-0.2, -0.15) is 0 Å². The molecule has 0 unspecified atom stereocenters. The lowest BCUT2D eigenvalue weighted by Crippen LogP contribution is -1.90. The molecule has 5 aromatic rings. The van der Waals surface area contributed by atoms with Gasteiger partial charge in [-0.3, -0.25) is 0 Å². The minimum absolute atomic E-state index is 0. The highest BCUT2D eigenvalue weighted by Gasteiger charge is 2.03. The fourth-order valence-corrected chi connectivity index (χ4v) is 4.71. The van der Waals surface area contributed by atoms with Crippen LogP contribution in [0.3, 0.4) is 0 Å². The molecule has 0 saturated heterocycles. The molecule has 272 valence electrons. The van der Waals surface area contributed by atoms with Crippen molar-refractivity contribution < 1.29 is 8.78 Å². The highest BCUT2D eigenvalue weighted by atomic mass is 19.1. The van der Waals surface area contributed by atoms with Crippen LogP contribution < -0.4 is 0 Å². The second-order valence-electron chi connectivity index (χ2n) is 14.1. The molecule has 0 bridgehead atoms. The van der Waals surface area contributed by atoms with E-state index in [4.69, 9.17) is 0 Å². The smallest absolute Gasteiger partial charge is 0.126 e. The highest BCUT2D eigenvalue weighted by Crippen LogP contribution is 2.18. The van der Waals surface area contributed by atoms with Crippen molar-refractivity contribution in [3.8, 4) is 0 Å². The quantitative estimate of drug-likeness (QED) is 0.173. The van der Waals surface area contributed by atoms with E-state index in [1.165, 1.54) is 39.9 Å². The molecule has 0 atom stereocenters. The molecule has 0 fully saturated rings. The van der Waals surface area contributed by atoms with Crippen LogP contribution >= 0.6 is 0 Å². The van der Waals surface area contributed by atoms with Gasteiger partial charge in [0, 0.05) is 0 Å². The molecule has 0 nitrogen and oxygen atoms in total. The van der Waals surface area contributed by atoms with E-state index in [0.717, 1.165) is 11.1 Å². The molecular formula is C48H66F2. The average Bonchev–Trinajstić information content (AvgIpc) is 3.06. The van der Waals surface area contributed by atoms with Gasteiger partial charge in [0.1, 0.15) is 11.6 Å². The summed E-state index contributed by atoms with van der Waals surface area (Å²) in [4.78, 5) is 0. The van der Waals surface area contributed by atoms with Crippen LogP contribution in [0, 0.1) is 25.5 Å². The number of aryl methyl sites for hydroxylation is 2. The third-order valence-electron chi connectivity index (χ3n) is 7.93. The van der Waals surface area contributed by atoms with Gasteiger partial charge >= 0.3 is 0 Å².